The SMILES string of the molecule is CC(c1cc2ccccc2o1)N(C)C(=O)CCc1c[nH]c2ccccc12. The smallest absolute Gasteiger partial charge is 0.223 e. The maximum absolute atomic E-state index is 12.7. The molecule has 0 aliphatic heterocycles. The third-order valence-corrected chi connectivity index (χ3v) is 5.11. The van der Waals surface area contributed by atoms with E-state index in [9.17, 15) is 4.79 Å². The number of carbonyl (C=O) groups excluding carboxylic acids is 1. The Morgan fingerprint density at radius 3 is 2.77 bits per heavy atom. The summed E-state index contributed by atoms with van der Waals surface area (Å²) in [5.41, 5.74) is 3.15. The van der Waals surface area contributed by atoms with Crippen LogP contribution in [0.5, 0.6) is 0 Å². The Hall–Kier alpha value is -3.01. The highest BCUT2D eigenvalue weighted by Gasteiger charge is 2.20. The summed E-state index contributed by atoms with van der Waals surface area (Å²) in [7, 11) is 1.84. The van der Waals surface area contributed by atoms with Gasteiger partial charge in [-0.05, 0) is 37.1 Å². The Morgan fingerprint density at radius 1 is 1.15 bits per heavy atom. The van der Waals surface area contributed by atoms with Crippen molar-refractivity contribution in [2.75, 3.05) is 7.05 Å². The fourth-order valence-corrected chi connectivity index (χ4v) is 3.37. The molecular formula is C22H22N2O2. The zero-order valence-corrected chi connectivity index (χ0v) is 15.0. The van der Waals surface area contributed by atoms with Crippen LogP contribution in [0.4, 0.5) is 0 Å². The van der Waals surface area contributed by atoms with E-state index in [1.807, 2.05) is 62.6 Å². The van der Waals surface area contributed by atoms with Gasteiger partial charge in [0, 0.05) is 36.0 Å². The predicted octanol–water partition coefficient (Wildman–Crippen LogP) is 5.07. The third-order valence-electron chi connectivity index (χ3n) is 5.11. The second kappa shape index (κ2) is 6.71. The minimum atomic E-state index is -0.0992. The van der Waals surface area contributed by atoms with Gasteiger partial charge in [0.25, 0.3) is 0 Å². The number of hydrogen-bond acceptors (Lipinski definition) is 2. The molecule has 0 aliphatic rings. The van der Waals surface area contributed by atoms with E-state index in [0.29, 0.717) is 6.42 Å². The quantitative estimate of drug-likeness (QED) is 0.549. The van der Waals surface area contributed by atoms with E-state index in [-0.39, 0.29) is 11.9 Å². The first-order chi connectivity index (χ1) is 12.6. The molecule has 0 aliphatic carbocycles. The molecule has 2 aromatic heterocycles. The van der Waals surface area contributed by atoms with Crippen molar-refractivity contribution in [1.29, 1.82) is 0 Å². The predicted molar refractivity (Wildman–Crippen MR) is 104 cm³/mol. The van der Waals surface area contributed by atoms with E-state index in [1.165, 1.54) is 10.9 Å². The van der Waals surface area contributed by atoms with Crippen molar-refractivity contribution in [3.63, 3.8) is 0 Å². The van der Waals surface area contributed by atoms with Crippen molar-refractivity contribution < 1.29 is 9.21 Å². The molecule has 4 nitrogen and oxygen atoms in total. The first-order valence-corrected chi connectivity index (χ1v) is 8.92. The van der Waals surface area contributed by atoms with E-state index in [4.69, 9.17) is 4.42 Å². The summed E-state index contributed by atoms with van der Waals surface area (Å²) >= 11 is 0. The van der Waals surface area contributed by atoms with Gasteiger partial charge < -0.3 is 14.3 Å². The first-order valence-electron chi connectivity index (χ1n) is 8.92. The monoisotopic (exact) mass is 346 g/mol. The van der Waals surface area contributed by atoms with Crippen molar-refractivity contribution in [1.82, 2.24) is 9.88 Å². The number of fused-ring (bicyclic) bond motifs is 2. The van der Waals surface area contributed by atoms with E-state index in [2.05, 4.69) is 17.1 Å². The van der Waals surface area contributed by atoms with Crippen LogP contribution in [0.25, 0.3) is 21.9 Å². The molecule has 1 N–H and O–H groups in total. The highest BCUT2D eigenvalue weighted by molar-refractivity contribution is 5.84. The minimum Gasteiger partial charge on any atom is -0.459 e. The highest BCUT2D eigenvalue weighted by Crippen LogP contribution is 2.27. The van der Waals surface area contributed by atoms with Crippen LogP contribution in [0, 0.1) is 0 Å². The van der Waals surface area contributed by atoms with Crippen molar-refractivity contribution >= 4 is 27.8 Å². The molecule has 0 spiro atoms. The van der Waals surface area contributed by atoms with Crippen LogP contribution in [0.3, 0.4) is 0 Å². The number of nitrogens with one attached hydrogen (secondary N) is 1. The van der Waals surface area contributed by atoms with Crippen LogP contribution in [0.1, 0.15) is 30.7 Å². The van der Waals surface area contributed by atoms with Crippen LogP contribution in [0.2, 0.25) is 0 Å². The maximum Gasteiger partial charge on any atom is 0.223 e. The van der Waals surface area contributed by atoms with Crippen molar-refractivity contribution in [2.45, 2.75) is 25.8 Å². The zero-order valence-electron chi connectivity index (χ0n) is 15.0. The second-order valence-corrected chi connectivity index (χ2v) is 6.73. The molecule has 0 radical (unpaired) electrons. The number of carbonyl (C=O) groups is 1. The van der Waals surface area contributed by atoms with Crippen molar-refractivity contribution in [3.8, 4) is 0 Å². The molecule has 132 valence electrons. The molecule has 26 heavy (non-hydrogen) atoms. The summed E-state index contributed by atoms with van der Waals surface area (Å²) < 4.78 is 5.91. The normalized spacial score (nSPS) is 12.5. The summed E-state index contributed by atoms with van der Waals surface area (Å²) in [6.45, 7) is 2.00. The second-order valence-electron chi connectivity index (χ2n) is 6.73. The van der Waals surface area contributed by atoms with E-state index >= 15 is 0 Å². The topological polar surface area (TPSA) is 49.2 Å². The van der Waals surface area contributed by atoms with Crippen LogP contribution in [-0.4, -0.2) is 22.8 Å². The number of aromatic amines is 1. The summed E-state index contributed by atoms with van der Waals surface area (Å²) in [5.74, 6) is 0.928. The molecule has 1 unspecified atom stereocenters. The highest BCUT2D eigenvalue weighted by atomic mass is 16.3. The maximum atomic E-state index is 12.7. The lowest BCUT2D eigenvalue weighted by molar-refractivity contribution is -0.132. The average Bonchev–Trinajstić information content (AvgIpc) is 3.29. The van der Waals surface area contributed by atoms with Crippen LogP contribution in [-0.2, 0) is 11.2 Å². The minimum absolute atomic E-state index is 0.0992. The molecule has 4 heteroatoms. The number of benzene rings is 2. The number of H-pyrrole nitrogens is 1. The molecular weight excluding hydrogens is 324 g/mol. The Labute approximate surface area is 152 Å². The van der Waals surface area contributed by atoms with Gasteiger partial charge in [-0.15, -0.1) is 0 Å². The molecule has 2 aromatic carbocycles. The number of rotatable bonds is 5. The molecule has 4 rings (SSSR count). The summed E-state index contributed by atoms with van der Waals surface area (Å²) in [6.07, 6.45) is 3.20. The lowest BCUT2D eigenvalue weighted by Crippen LogP contribution is -2.29. The first kappa shape index (κ1) is 16.5. The van der Waals surface area contributed by atoms with Crippen molar-refractivity contribution in [2.24, 2.45) is 0 Å². The number of furan rings is 1. The summed E-state index contributed by atoms with van der Waals surface area (Å²) in [4.78, 5) is 17.7. The molecule has 2 heterocycles. The lowest BCUT2D eigenvalue weighted by atomic mass is 10.1. The van der Waals surface area contributed by atoms with Gasteiger partial charge in [0.2, 0.25) is 5.91 Å². The Morgan fingerprint density at radius 2 is 1.92 bits per heavy atom. The van der Waals surface area contributed by atoms with Gasteiger partial charge in [0.15, 0.2) is 0 Å². The molecule has 1 atom stereocenters. The van der Waals surface area contributed by atoms with Crippen molar-refractivity contribution in [3.05, 3.63) is 72.1 Å². The number of amides is 1. The van der Waals surface area contributed by atoms with E-state index in [0.717, 1.165) is 28.7 Å². The number of aryl methyl sites for hydroxylation is 1. The van der Waals surface area contributed by atoms with Crippen LogP contribution < -0.4 is 0 Å². The standard InChI is InChI=1S/C22H22N2O2/c1-15(21-13-16-7-3-6-10-20(16)26-21)24(2)22(25)12-11-17-14-23-19-9-5-4-8-18(17)19/h3-10,13-15,23H,11-12H2,1-2H3. The summed E-state index contributed by atoms with van der Waals surface area (Å²) in [5, 5.41) is 2.25. The van der Waals surface area contributed by atoms with Gasteiger partial charge in [-0.25, -0.2) is 0 Å². The number of hydrogen-bond donors (Lipinski definition) is 1. The molecule has 0 fully saturated rings. The van der Waals surface area contributed by atoms with Crippen LogP contribution in [0.15, 0.2) is 65.2 Å². The molecule has 0 bridgehead atoms. The largest absolute Gasteiger partial charge is 0.459 e. The number of nitrogens with zero attached hydrogens (tertiary/aromatic N) is 1. The van der Waals surface area contributed by atoms with E-state index < -0.39 is 0 Å². The third kappa shape index (κ3) is 2.99. The zero-order chi connectivity index (χ0) is 18.1. The molecule has 0 saturated heterocycles. The number of para-hydroxylation sites is 2. The van der Waals surface area contributed by atoms with Gasteiger partial charge in [-0.2, -0.15) is 0 Å². The van der Waals surface area contributed by atoms with E-state index in [1.54, 1.807) is 4.90 Å². The Balaban J connectivity index is 1.45. The fourth-order valence-electron chi connectivity index (χ4n) is 3.37. The molecule has 1 amide bonds. The average molecular weight is 346 g/mol. The van der Waals surface area contributed by atoms with Gasteiger partial charge >= 0.3 is 0 Å². The van der Waals surface area contributed by atoms with Gasteiger partial charge in [-0.3, -0.25) is 4.79 Å². The van der Waals surface area contributed by atoms with Gasteiger partial charge in [0.1, 0.15) is 11.3 Å². The molecule has 0 saturated carbocycles. The fraction of sp³-hybridized carbons (Fsp3) is 0.227. The lowest BCUT2D eigenvalue weighted by Gasteiger charge is -2.23. The number of aromatic nitrogens is 1. The molecule has 4 aromatic rings. The van der Waals surface area contributed by atoms with Gasteiger partial charge in [-0.1, -0.05) is 36.4 Å². The van der Waals surface area contributed by atoms with Crippen LogP contribution >= 0.6 is 0 Å². The Kier molecular flexibility index (Phi) is 4.25. The van der Waals surface area contributed by atoms with Gasteiger partial charge in [0.05, 0.1) is 6.04 Å². The Bertz CT molecular complexity index is 1030. The summed E-state index contributed by atoms with van der Waals surface area (Å²) in [6, 6.07) is 18.0.